The summed E-state index contributed by atoms with van der Waals surface area (Å²) in [6, 6.07) is 9.42. The van der Waals surface area contributed by atoms with E-state index >= 15 is 0 Å². The molecular weight excluding hydrogens is 520 g/mol. The molecule has 1 atom stereocenters. The molecule has 11 heteroatoms. The van der Waals surface area contributed by atoms with Gasteiger partial charge in [-0.05, 0) is 24.3 Å². The minimum absolute atomic E-state index is 0.0122. The van der Waals surface area contributed by atoms with Gasteiger partial charge in [0.2, 0.25) is 0 Å². The lowest BCUT2D eigenvalue weighted by atomic mass is 9.92. The number of aromatic nitrogens is 5. The molecule has 184 valence electrons. The number of piperazine rings is 1. The average molecular weight is 546 g/mol. The predicted molar refractivity (Wildman–Crippen MR) is 131 cm³/mol. The third-order valence-electron chi connectivity index (χ3n) is 6.50. The van der Waals surface area contributed by atoms with E-state index in [1.165, 1.54) is 29.5 Å². The summed E-state index contributed by atoms with van der Waals surface area (Å²) in [6.07, 6.45) is 4.71. The van der Waals surface area contributed by atoms with Crippen molar-refractivity contribution < 1.29 is 13.9 Å². The van der Waals surface area contributed by atoms with Gasteiger partial charge in [0.15, 0.2) is 0 Å². The molecule has 3 heterocycles. The Hall–Kier alpha value is -2.73. The molecule has 5 rings (SSSR count). The summed E-state index contributed by atoms with van der Waals surface area (Å²) in [6.45, 7) is 4.91. The van der Waals surface area contributed by atoms with Crippen molar-refractivity contribution in [2.24, 2.45) is 0 Å². The number of hydrogen-bond donors (Lipinski definition) is 1. The average Bonchev–Trinajstić information content (AvgIpc) is 3.47. The molecule has 0 spiro atoms. The lowest BCUT2D eigenvalue weighted by Crippen LogP contribution is -2.52. The van der Waals surface area contributed by atoms with Gasteiger partial charge in [0.1, 0.15) is 29.9 Å². The molecule has 1 fully saturated rings. The van der Waals surface area contributed by atoms with Crippen LogP contribution >= 0.6 is 15.9 Å². The molecular formula is C24H26BrF2N7O. The van der Waals surface area contributed by atoms with E-state index in [1.54, 1.807) is 0 Å². The van der Waals surface area contributed by atoms with Crippen LogP contribution in [0.1, 0.15) is 5.56 Å². The van der Waals surface area contributed by atoms with E-state index in [4.69, 9.17) is 0 Å². The molecule has 0 bridgehead atoms. The molecule has 1 aliphatic heterocycles. The number of β-amino-alcohol motifs (C(OH)–C–C–N with tert-alkyl or cyclic N) is 1. The van der Waals surface area contributed by atoms with Gasteiger partial charge in [-0.3, -0.25) is 14.5 Å². The Morgan fingerprint density at radius 2 is 1.74 bits per heavy atom. The van der Waals surface area contributed by atoms with Crippen molar-refractivity contribution in [3.05, 3.63) is 76.9 Å². The highest BCUT2D eigenvalue weighted by Crippen LogP contribution is 2.28. The summed E-state index contributed by atoms with van der Waals surface area (Å²) in [5, 5.41) is 21.3. The zero-order chi connectivity index (χ0) is 24.4. The first kappa shape index (κ1) is 24.0. The molecule has 8 nitrogen and oxygen atoms in total. The minimum Gasteiger partial charge on any atom is -0.382 e. The summed E-state index contributed by atoms with van der Waals surface area (Å²) >= 11 is 3.49. The van der Waals surface area contributed by atoms with E-state index in [9.17, 15) is 13.9 Å². The van der Waals surface area contributed by atoms with Crippen molar-refractivity contribution >= 4 is 26.8 Å². The van der Waals surface area contributed by atoms with Crippen LogP contribution < -0.4 is 0 Å². The van der Waals surface area contributed by atoms with Crippen LogP contribution in [-0.4, -0.2) is 78.7 Å². The summed E-state index contributed by atoms with van der Waals surface area (Å²) in [4.78, 5) is 8.38. The lowest BCUT2D eigenvalue weighted by Gasteiger charge is -2.39. The number of aliphatic hydroxyl groups is 1. The monoisotopic (exact) mass is 545 g/mol. The molecule has 0 amide bonds. The van der Waals surface area contributed by atoms with Gasteiger partial charge in [-0.25, -0.2) is 18.4 Å². The number of nitrogens with zero attached hydrogens (tertiary/aromatic N) is 7. The number of halogens is 3. The SMILES string of the molecule is OC(CN1CCN(CCn2ncc3cc(Br)ccc32)CC1)(Cn1cncn1)c1ccc(F)cc1F. The van der Waals surface area contributed by atoms with E-state index in [1.807, 2.05) is 16.9 Å². The Morgan fingerprint density at radius 1 is 0.943 bits per heavy atom. The van der Waals surface area contributed by atoms with Crippen LogP contribution in [0.4, 0.5) is 8.78 Å². The molecule has 4 aromatic rings. The van der Waals surface area contributed by atoms with E-state index in [-0.39, 0.29) is 18.7 Å². The van der Waals surface area contributed by atoms with E-state index < -0.39 is 17.2 Å². The maximum Gasteiger partial charge on any atom is 0.137 e. The molecule has 0 saturated carbocycles. The van der Waals surface area contributed by atoms with Gasteiger partial charge in [-0.15, -0.1) is 0 Å². The summed E-state index contributed by atoms with van der Waals surface area (Å²) in [7, 11) is 0. The van der Waals surface area contributed by atoms with Crippen LogP contribution in [0.5, 0.6) is 0 Å². The van der Waals surface area contributed by atoms with Crippen molar-refractivity contribution in [2.75, 3.05) is 39.3 Å². The first-order valence-electron chi connectivity index (χ1n) is 11.5. The molecule has 1 saturated heterocycles. The second-order valence-corrected chi connectivity index (χ2v) is 9.85. The van der Waals surface area contributed by atoms with Crippen molar-refractivity contribution in [2.45, 2.75) is 18.7 Å². The van der Waals surface area contributed by atoms with Gasteiger partial charge in [0.05, 0.1) is 24.8 Å². The maximum absolute atomic E-state index is 14.7. The van der Waals surface area contributed by atoms with Gasteiger partial charge < -0.3 is 5.11 Å². The second kappa shape index (κ2) is 10.1. The highest BCUT2D eigenvalue weighted by Gasteiger charge is 2.36. The third-order valence-corrected chi connectivity index (χ3v) is 7.00. The van der Waals surface area contributed by atoms with Crippen molar-refractivity contribution in [1.82, 2.24) is 34.3 Å². The molecule has 35 heavy (non-hydrogen) atoms. The molecule has 2 aromatic carbocycles. The molecule has 1 aliphatic rings. The Labute approximate surface area is 209 Å². The lowest BCUT2D eigenvalue weighted by molar-refractivity contribution is -0.0320. The van der Waals surface area contributed by atoms with Gasteiger partial charge >= 0.3 is 0 Å². The molecule has 0 aliphatic carbocycles. The van der Waals surface area contributed by atoms with Gasteiger partial charge in [0, 0.05) is 60.8 Å². The number of fused-ring (bicyclic) bond motifs is 1. The van der Waals surface area contributed by atoms with E-state index in [0.29, 0.717) is 0 Å². The highest BCUT2D eigenvalue weighted by molar-refractivity contribution is 9.10. The van der Waals surface area contributed by atoms with Crippen LogP contribution in [0, 0.1) is 11.6 Å². The quantitative estimate of drug-likeness (QED) is 0.367. The van der Waals surface area contributed by atoms with E-state index in [2.05, 4.69) is 53.0 Å². The predicted octanol–water partition coefficient (Wildman–Crippen LogP) is 2.87. The normalized spacial score (nSPS) is 17.1. The summed E-state index contributed by atoms with van der Waals surface area (Å²) in [5.41, 5.74) is -0.434. The summed E-state index contributed by atoms with van der Waals surface area (Å²) < 4.78 is 32.7. The van der Waals surface area contributed by atoms with E-state index in [0.717, 1.165) is 60.7 Å². The number of rotatable bonds is 8. The fourth-order valence-corrected chi connectivity index (χ4v) is 5.06. The zero-order valence-electron chi connectivity index (χ0n) is 19.1. The number of benzene rings is 2. The Kier molecular flexibility index (Phi) is 6.92. The highest BCUT2D eigenvalue weighted by atomic mass is 79.9. The fourth-order valence-electron chi connectivity index (χ4n) is 4.68. The fraction of sp³-hybridized carbons (Fsp3) is 0.375. The third kappa shape index (κ3) is 5.43. The topological polar surface area (TPSA) is 75.2 Å². The Balaban J connectivity index is 1.22. The smallest absolute Gasteiger partial charge is 0.137 e. The van der Waals surface area contributed by atoms with Crippen molar-refractivity contribution in [3.63, 3.8) is 0 Å². The summed E-state index contributed by atoms with van der Waals surface area (Å²) in [5.74, 6) is -1.45. The van der Waals surface area contributed by atoms with Gasteiger partial charge in [-0.2, -0.15) is 10.2 Å². The van der Waals surface area contributed by atoms with Crippen molar-refractivity contribution in [3.8, 4) is 0 Å². The Bertz CT molecular complexity index is 1290. The number of hydrogen-bond acceptors (Lipinski definition) is 6. The molecule has 2 aromatic heterocycles. The molecule has 0 radical (unpaired) electrons. The van der Waals surface area contributed by atoms with Crippen LogP contribution in [-0.2, 0) is 18.7 Å². The first-order chi connectivity index (χ1) is 16.9. The van der Waals surface area contributed by atoms with Crippen LogP contribution in [0.25, 0.3) is 10.9 Å². The van der Waals surface area contributed by atoms with Gasteiger partial charge in [0.25, 0.3) is 0 Å². The zero-order valence-corrected chi connectivity index (χ0v) is 20.7. The largest absolute Gasteiger partial charge is 0.382 e. The first-order valence-corrected chi connectivity index (χ1v) is 12.2. The van der Waals surface area contributed by atoms with Crippen LogP contribution in [0.15, 0.2) is 59.7 Å². The van der Waals surface area contributed by atoms with Gasteiger partial charge in [-0.1, -0.05) is 22.0 Å². The molecule has 1 N–H and O–H groups in total. The van der Waals surface area contributed by atoms with Crippen LogP contribution in [0.3, 0.4) is 0 Å². The van der Waals surface area contributed by atoms with Crippen molar-refractivity contribution in [1.29, 1.82) is 0 Å². The van der Waals surface area contributed by atoms with Crippen LogP contribution in [0.2, 0.25) is 0 Å². The Morgan fingerprint density at radius 3 is 2.49 bits per heavy atom. The standard InChI is InChI=1S/C24H26BrF2N7O/c25-19-1-4-23-18(11-19)13-29-34(23)10-9-31-5-7-32(8-6-31)14-24(35,15-33-17-28-16-30-33)21-3-2-20(26)12-22(21)27/h1-4,11-13,16-17,35H,5-10,14-15H2. The second-order valence-electron chi connectivity index (χ2n) is 8.94. The molecule has 1 unspecified atom stereocenters. The maximum atomic E-state index is 14.7. The minimum atomic E-state index is -1.59.